The zero-order chi connectivity index (χ0) is 20.5. The van der Waals surface area contributed by atoms with Crippen LogP contribution in [-0.2, 0) is 9.47 Å². The van der Waals surface area contributed by atoms with Crippen LogP contribution in [0.15, 0.2) is 36.4 Å². The highest BCUT2D eigenvalue weighted by atomic mass is 16.5. The smallest absolute Gasteiger partial charge is 0.338 e. The van der Waals surface area contributed by atoms with Gasteiger partial charge in [0.25, 0.3) is 0 Å². The molecular formula is C24H36O4. The van der Waals surface area contributed by atoms with Gasteiger partial charge in [-0.15, -0.1) is 0 Å². The fourth-order valence-electron chi connectivity index (χ4n) is 2.84. The minimum Gasteiger partial charge on any atom is -0.462 e. The lowest BCUT2D eigenvalue weighted by atomic mass is 10.1. The monoisotopic (exact) mass is 388 g/mol. The highest BCUT2D eigenvalue weighted by Gasteiger charge is 2.12. The first-order valence-electron chi connectivity index (χ1n) is 10.8. The number of esters is 2. The quantitative estimate of drug-likeness (QED) is 0.195. The van der Waals surface area contributed by atoms with Gasteiger partial charge in [-0.2, -0.15) is 0 Å². The largest absolute Gasteiger partial charge is 0.462 e. The van der Waals surface area contributed by atoms with Crippen LogP contribution in [0, 0.1) is 0 Å². The minimum atomic E-state index is -0.414. The number of ether oxygens (including phenoxy) is 2. The molecule has 0 radical (unpaired) electrons. The number of hydrogen-bond donors (Lipinski definition) is 0. The van der Waals surface area contributed by atoms with E-state index >= 15 is 0 Å². The Balaban J connectivity index is 2.27. The van der Waals surface area contributed by atoms with Gasteiger partial charge >= 0.3 is 11.9 Å². The topological polar surface area (TPSA) is 52.6 Å². The van der Waals surface area contributed by atoms with Crippen LogP contribution in [0.5, 0.6) is 0 Å². The molecule has 0 N–H and O–H groups in total. The van der Waals surface area contributed by atoms with E-state index in [1.807, 2.05) is 12.2 Å². The van der Waals surface area contributed by atoms with Crippen LogP contribution in [0.3, 0.4) is 0 Å². The molecule has 0 heterocycles. The van der Waals surface area contributed by atoms with Crippen molar-refractivity contribution in [2.45, 2.75) is 78.1 Å². The predicted octanol–water partition coefficient (Wildman–Crippen LogP) is 6.50. The Morgan fingerprint density at radius 1 is 0.786 bits per heavy atom. The second kappa shape index (κ2) is 15.9. The normalized spacial score (nSPS) is 10.9. The van der Waals surface area contributed by atoms with Crippen LogP contribution in [0.4, 0.5) is 0 Å². The Morgan fingerprint density at radius 2 is 1.36 bits per heavy atom. The standard InChI is InChI=1S/C24H36O4/c1-3-5-7-9-10-11-12-14-19-28-24(26)22-17-15-16-21(20-22)23(25)27-18-13-8-6-4-2/h6,8,15-17,20H,3-5,7,9-14,18-19H2,1-2H3/b8-6+. The van der Waals surface area contributed by atoms with Crippen LogP contribution in [0.2, 0.25) is 0 Å². The fraction of sp³-hybridized carbons (Fsp3) is 0.583. The summed E-state index contributed by atoms with van der Waals surface area (Å²) in [5, 5.41) is 0. The van der Waals surface area contributed by atoms with Gasteiger partial charge in [0.15, 0.2) is 0 Å². The van der Waals surface area contributed by atoms with Gasteiger partial charge in [-0.25, -0.2) is 9.59 Å². The molecule has 28 heavy (non-hydrogen) atoms. The first-order chi connectivity index (χ1) is 13.7. The third-order valence-corrected chi connectivity index (χ3v) is 4.49. The van der Waals surface area contributed by atoms with Crippen molar-refractivity contribution in [1.29, 1.82) is 0 Å². The lowest BCUT2D eigenvalue weighted by molar-refractivity contribution is 0.0497. The molecule has 0 spiro atoms. The van der Waals surface area contributed by atoms with Crippen LogP contribution in [0.25, 0.3) is 0 Å². The van der Waals surface area contributed by atoms with Crippen molar-refractivity contribution in [3.63, 3.8) is 0 Å². The molecule has 1 aromatic rings. The lowest BCUT2D eigenvalue weighted by Gasteiger charge is -2.07. The van der Waals surface area contributed by atoms with Gasteiger partial charge < -0.3 is 9.47 Å². The van der Waals surface area contributed by atoms with Crippen molar-refractivity contribution in [3.8, 4) is 0 Å². The molecule has 156 valence electrons. The van der Waals surface area contributed by atoms with E-state index in [0.717, 1.165) is 19.3 Å². The number of unbranched alkanes of at least 4 members (excludes halogenated alkanes) is 7. The van der Waals surface area contributed by atoms with Gasteiger partial charge in [0.1, 0.15) is 0 Å². The maximum Gasteiger partial charge on any atom is 0.338 e. The van der Waals surface area contributed by atoms with E-state index in [1.54, 1.807) is 24.3 Å². The number of carbonyl (C=O) groups excluding carboxylic acids is 2. The second-order valence-electron chi connectivity index (χ2n) is 7.00. The average Bonchev–Trinajstić information content (AvgIpc) is 2.72. The van der Waals surface area contributed by atoms with Crippen LogP contribution < -0.4 is 0 Å². The molecule has 0 atom stereocenters. The van der Waals surface area contributed by atoms with E-state index in [1.165, 1.54) is 38.5 Å². The zero-order valence-corrected chi connectivity index (χ0v) is 17.6. The SMILES string of the molecule is CC/C=C/CCOC(=O)c1cccc(C(=O)OCCCCCCCCCC)c1. The molecule has 0 aliphatic carbocycles. The van der Waals surface area contributed by atoms with E-state index in [2.05, 4.69) is 13.8 Å². The predicted molar refractivity (Wildman–Crippen MR) is 114 cm³/mol. The average molecular weight is 389 g/mol. The van der Waals surface area contributed by atoms with Crippen molar-refractivity contribution in [3.05, 3.63) is 47.5 Å². The second-order valence-corrected chi connectivity index (χ2v) is 7.00. The highest BCUT2D eigenvalue weighted by Crippen LogP contribution is 2.11. The summed E-state index contributed by atoms with van der Waals surface area (Å²) < 4.78 is 10.6. The van der Waals surface area contributed by atoms with Crippen molar-refractivity contribution in [2.24, 2.45) is 0 Å². The molecule has 1 aromatic carbocycles. The van der Waals surface area contributed by atoms with Crippen LogP contribution in [-0.4, -0.2) is 25.2 Å². The first kappa shape index (κ1) is 23.9. The Bertz CT molecular complexity index is 592. The summed E-state index contributed by atoms with van der Waals surface area (Å²) in [6.07, 6.45) is 15.3. The molecular weight excluding hydrogens is 352 g/mol. The number of rotatable bonds is 15. The maximum absolute atomic E-state index is 12.2. The van der Waals surface area contributed by atoms with E-state index in [4.69, 9.17) is 9.47 Å². The van der Waals surface area contributed by atoms with E-state index in [0.29, 0.717) is 30.8 Å². The Labute approximate surface area is 170 Å². The molecule has 0 amide bonds. The maximum atomic E-state index is 12.2. The third-order valence-electron chi connectivity index (χ3n) is 4.49. The van der Waals surface area contributed by atoms with Crippen LogP contribution >= 0.6 is 0 Å². The molecule has 0 saturated carbocycles. The van der Waals surface area contributed by atoms with Gasteiger partial charge in [0.05, 0.1) is 24.3 Å². The number of carbonyl (C=O) groups is 2. The summed E-state index contributed by atoms with van der Waals surface area (Å²) in [7, 11) is 0. The number of benzene rings is 1. The zero-order valence-electron chi connectivity index (χ0n) is 17.6. The molecule has 1 rings (SSSR count). The number of allylic oxidation sites excluding steroid dienone is 1. The lowest BCUT2D eigenvalue weighted by Crippen LogP contribution is -2.10. The number of hydrogen-bond acceptors (Lipinski definition) is 4. The Hall–Kier alpha value is -2.10. The van der Waals surface area contributed by atoms with Crippen molar-refractivity contribution in [1.82, 2.24) is 0 Å². The van der Waals surface area contributed by atoms with Gasteiger partial charge in [-0.05, 0) is 37.5 Å². The van der Waals surface area contributed by atoms with Gasteiger partial charge in [-0.3, -0.25) is 0 Å². The molecule has 4 nitrogen and oxygen atoms in total. The summed E-state index contributed by atoms with van der Waals surface area (Å²) in [5.74, 6) is -0.800. The molecule has 0 aromatic heterocycles. The fourth-order valence-corrected chi connectivity index (χ4v) is 2.84. The Morgan fingerprint density at radius 3 is 1.96 bits per heavy atom. The van der Waals surface area contributed by atoms with Crippen molar-refractivity contribution in [2.75, 3.05) is 13.2 Å². The molecule has 0 aliphatic heterocycles. The van der Waals surface area contributed by atoms with Gasteiger partial charge in [0.2, 0.25) is 0 Å². The van der Waals surface area contributed by atoms with Crippen molar-refractivity contribution < 1.29 is 19.1 Å². The summed E-state index contributed by atoms with van der Waals surface area (Å²) in [4.78, 5) is 24.3. The summed E-state index contributed by atoms with van der Waals surface area (Å²) in [6, 6.07) is 6.54. The summed E-state index contributed by atoms with van der Waals surface area (Å²) in [5.41, 5.74) is 0.765. The molecule has 0 fully saturated rings. The first-order valence-corrected chi connectivity index (χ1v) is 10.8. The highest BCUT2D eigenvalue weighted by molar-refractivity contribution is 5.95. The van der Waals surface area contributed by atoms with Crippen LogP contribution in [0.1, 0.15) is 98.8 Å². The van der Waals surface area contributed by atoms with E-state index in [9.17, 15) is 9.59 Å². The van der Waals surface area contributed by atoms with E-state index in [-0.39, 0.29) is 5.97 Å². The molecule has 0 saturated heterocycles. The summed E-state index contributed by atoms with van der Waals surface area (Å²) in [6.45, 7) is 5.04. The van der Waals surface area contributed by atoms with Crippen molar-refractivity contribution >= 4 is 11.9 Å². The van der Waals surface area contributed by atoms with Gasteiger partial charge in [-0.1, -0.05) is 77.0 Å². The summed E-state index contributed by atoms with van der Waals surface area (Å²) >= 11 is 0. The molecule has 0 bridgehead atoms. The van der Waals surface area contributed by atoms with E-state index < -0.39 is 5.97 Å². The minimum absolute atomic E-state index is 0.336. The molecule has 4 heteroatoms. The third kappa shape index (κ3) is 10.9. The Kier molecular flexibility index (Phi) is 13.6. The van der Waals surface area contributed by atoms with Gasteiger partial charge in [0, 0.05) is 0 Å². The molecule has 0 unspecified atom stereocenters. The molecule has 0 aliphatic rings.